The fourth-order valence-corrected chi connectivity index (χ4v) is 1.54. The minimum absolute atomic E-state index is 0.295. The summed E-state index contributed by atoms with van der Waals surface area (Å²) < 4.78 is 5.51. The van der Waals surface area contributed by atoms with E-state index in [1.807, 2.05) is 24.3 Å². The van der Waals surface area contributed by atoms with Gasteiger partial charge in [-0.3, -0.25) is 0 Å². The monoisotopic (exact) mass is 237 g/mol. The molecule has 0 unspecified atom stereocenters. The SMILES string of the molecule is CCCOc1ccc(NCCCCCO)cc1. The third-order valence-electron chi connectivity index (χ3n) is 2.49. The molecule has 1 rings (SSSR count). The van der Waals surface area contributed by atoms with Crippen molar-refractivity contribution in [3.63, 3.8) is 0 Å². The van der Waals surface area contributed by atoms with Crippen molar-refractivity contribution in [1.29, 1.82) is 0 Å². The van der Waals surface area contributed by atoms with Gasteiger partial charge in [-0.25, -0.2) is 0 Å². The van der Waals surface area contributed by atoms with Gasteiger partial charge in [0.15, 0.2) is 0 Å². The third kappa shape index (κ3) is 6.17. The Bertz CT molecular complexity index is 285. The van der Waals surface area contributed by atoms with Crippen molar-refractivity contribution in [2.75, 3.05) is 25.1 Å². The zero-order valence-corrected chi connectivity index (χ0v) is 10.6. The Morgan fingerprint density at radius 1 is 1.12 bits per heavy atom. The van der Waals surface area contributed by atoms with Crippen molar-refractivity contribution in [3.8, 4) is 5.75 Å². The number of anilines is 1. The molecule has 1 aromatic carbocycles. The lowest BCUT2D eigenvalue weighted by atomic mass is 10.2. The van der Waals surface area contributed by atoms with E-state index >= 15 is 0 Å². The van der Waals surface area contributed by atoms with E-state index in [1.165, 1.54) is 0 Å². The third-order valence-corrected chi connectivity index (χ3v) is 2.49. The number of nitrogens with one attached hydrogen (secondary N) is 1. The first kappa shape index (κ1) is 13.8. The molecule has 0 aliphatic carbocycles. The molecule has 0 saturated heterocycles. The van der Waals surface area contributed by atoms with E-state index in [9.17, 15) is 0 Å². The van der Waals surface area contributed by atoms with Crippen LogP contribution in [0.1, 0.15) is 32.6 Å². The fourth-order valence-electron chi connectivity index (χ4n) is 1.54. The molecule has 0 spiro atoms. The predicted octanol–water partition coefficient (Wildman–Crippen LogP) is 3.05. The first-order chi connectivity index (χ1) is 8.36. The molecule has 96 valence electrons. The smallest absolute Gasteiger partial charge is 0.119 e. The summed E-state index contributed by atoms with van der Waals surface area (Å²) in [6, 6.07) is 8.06. The Kier molecular flexibility index (Phi) is 7.23. The van der Waals surface area contributed by atoms with Gasteiger partial charge >= 0.3 is 0 Å². The predicted molar refractivity (Wildman–Crippen MR) is 71.7 cm³/mol. The summed E-state index contributed by atoms with van der Waals surface area (Å²) in [5.41, 5.74) is 1.12. The molecule has 3 nitrogen and oxygen atoms in total. The normalized spacial score (nSPS) is 10.2. The van der Waals surface area contributed by atoms with Crippen LogP contribution in [-0.2, 0) is 0 Å². The van der Waals surface area contributed by atoms with E-state index in [-0.39, 0.29) is 0 Å². The Hall–Kier alpha value is -1.22. The van der Waals surface area contributed by atoms with E-state index in [2.05, 4.69) is 12.2 Å². The molecule has 17 heavy (non-hydrogen) atoms. The van der Waals surface area contributed by atoms with Gasteiger partial charge in [0.1, 0.15) is 5.75 Å². The lowest BCUT2D eigenvalue weighted by Crippen LogP contribution is -2.02. The highest BCUT2D eigenvalue weighted by Crippen LogP contribution is 2.15. The topological polar surface area (TPSA) is 41.5 Å². The van der Waals surface area contributed by atoms with Gasteiger partial charge < -0.3 is 15.2 Å². The molecule has 0 saturated carbocycles. The van der Waals surface area contributed by atoms with Crippen LogP contribution in [0.4, 0.5) is 5.69 Å². The van der Waals surface area contributed by atoms with Gasteiger partial charge in [0.05, 0.1) is 6.61 Å². The van der Waals surface area contributed by atoms with E-state index in [1.54, 1.807) is 0 Å². The lowest BCUT2D eigenvalue weighted by molar-refractivity contribution is 0.283. The second-order valence-corrected chi connectivity index (χ2v) is 4.08. The quantitative estimate of drug-likeness (QED) is 0.649. The van der Waals surface area contributed by atoms with Crippen LogP contribution >= 0.6 is 0 Å². The van der Waals surface area contributed by atoms with Crippen molar-refractivity contribution in [1.82, 2.24) is 0 Å². The largest absolute Gasteiger partial charge is 0.494 e. The van der Waals surface area contributed by atoms with Crippen LogP contribution in [0.2, 0.25) is 0 Å². The summed E-state index contributed by atoms with van der Waals surface area (Å²) in [6.07, 6.45) is 4.09. The Morgan fingerprint density at radius 2 is 1.88 bits per heavy atom. The van der Waals surface area contributed by atoms with E-state index < -0.39 is 0 Å². The number of aliphatic hydroxyl groups excluding tert-OH is 1. The van der Waals surface area contributed by atoms with Crippen molar-refractivity contribution < 1.29 is 9.84 Å². The van der Waals surface area contributed by atoms with Gasteiger partial charge in [0, 0.05) is 18.8 Å². The molecular weight excluding hydrogens is 214 g/mol. The highest BCUT2D eigenvalue weighted by atomic mass is 16.5. The van der Waals surface area contributed by atoms with Gasteiger partial charge in [-0.1, -0.05) is 6.92 Å². The van der Waals surface area contributed by atoms with Crippen molar-refractivity contribution >= 4 is 5.69 Å². The Morgan fingerprint density at radius 3 is 2.53 bits per heavy atom. The molecule has 0 fully saturated rings. The molecule has 1 aromatic rings. The van der Waals surface area contributed by atoms with Gasteiger partial charge in [0.2, 0.25) is 0 Å². The molecule has 0 aromatic heterocycles. The lowest BCUT2D eigenvalue weighted by Gasteiger charge is -2.08. The van der Waals surface area contributed by atoms with Crippen LogP contribution in [0.3, 0.4) is 0 Å². The number of ether oxygens (including phenoxy) is 1. The number of hydrogen-bond acceptors (Lipinski definition) is 3. The number of benzene rings is 1. The fraction of sp³-hybridized carbons (Fsp3) is 0.571. The summed E-state index contributed by atoms with van der Waals surface area (Å²) in [5.74, 6) is 0.928. The molecule has 0 aliphatic heterocycles. The molecule has 3 heteroatoms. The van der Waals surface area contributed by atoms with E-state index in [0.29, 0.717) is 6.61 Å². The van der Waals surface area contributed by atoms with Gasteiger partial charge in [0.25, 0.3) is 0 Å². The first-order valence-corrected chi connectivity index (χ1v) is 6.44. The average Bonchev–Trinajstić information content (AvgIpc) is 2.37. The molecular formula is C14H23NO2. The zero-order valence-electron chi connectivity index (χ0n) is 10.6. The molecule has 0 radical (unpaired) electrons. The minimum atomic E-state index is 0.295. The molecule has 0 bridgehead atoms. The van der Waals surface area contributed by atoms with Crippen LogP contribution in [0.5, 0.6) is 5.75 Å². The average molecular weight is 237 g/mol. The number of rotatable bonds is 9. The highest BCUT2D eigenvalue weighted by molar-refractivity contribution is 5.46. The standard InChI is InChI=1S/C14H23NO2/c1-2-12-17-14-8-6-13(7-9-14)15-10-4-3-5-11-16/h6-9,15-16H,2-5,10-12H2,1H3. The van der Waals surface area contributed by atoms with Crippen LogP contribution in [0.15, 0.2) is 24.3 Å². The highest BCUT2D eigenvalue weighted by Gasteiger charge is 1.94. The second kappa shape index (κ2) is 8.88. The molecule has 0 amide bonds. The van der Waals surface area contributed by atoms with Gasteiger partial charge in [-0.15, -0.1) is 0 Å². The van der Waals surface area contributed by atoms with Crippen molar-refractivity contribution in [2.24, 2.45) is 0 Å². The van der Waals surface area contributed by atoms with Crippen LogP contribution in [0.25, 0.3) is 0 Å². The molecule has 2 N–H and O–H groups in total. The Balaban J connectivity index is 2.20. The van der Waals surface area contributed by atoms with Crippen molar-refractivity contribution in [2.45, 2.75) is 32.6 Å². The first-order valence-electron chi connectivity index (χ1n) is 6.44. The molecule has 0 aliphatic rings. The van der Waals surface area contributed by atoms with Gasteiger partial charge in [-0.2, -0.15) is 0 Å². The summed E-state index contributed by atoms with van der Waals surface area (Å²) in [4.78, 5) is 0. The summed E-state index contributed by atoms with van der Waals surface area (Å²) in [7, 11) is 0. The zero-order chi connectivity index (χ0) is 12.3. The van der Waals surface area contributed by atoms with Crippen LogP contribution < -0.4 is 10.1 Å². The molecule has 0 atom stereocenters. The summed E-state index contributed by atoms with van der Waals surface area (Å²) >= 11 is 0. The maximum absolute atomic E-state index is 8.65. The maximum atomic E-state index is 8.65. The summed E-state index contributed by atoms with van der Waals surface area (Å²) in [5, 5.41) is 12.0. The van der Waals surface area contributed by atoms with E-state index in [4.69, 9.17) is 9.84 Å². The Labute approximate surface area is 104 Å². The number of unbranched alkanes of at least 4 members (excludes halogenated alkanes) is 2. The summed E-state index contributed by atoms with van der Waals surface area (Å²) in [6.45, 7) is 4.12. The number of hydrogen-bond donors (Lipinski definition) is 2. The molecule has 0 heterocycles. The van der Waals surface area contributed by atoms with Gasteiger partial charge in [-0.05, 0) is 49.9 Å². The van der Waals surface area contributed by atoms with Crippen LogP contribution in [0, 0.1) is 0 Å². The minimum Gasteiger partial charge on any atom is -0.494 e. The number of aliphatic hydroxyl groups is 1. The van der Waals surface area contributed by atoms with Crippen LogP contribution in [-0.4, -0.2) is 24.9 Å². The van der Waals surface area contributed by atoms with E-state index in [0.717, 1.165) is 50.3 Å². The maximum Gasteiger partial charge on any atom is 0.119 e. The van der Waals surface area contributed by atoms with Crippen molar-refractivity contribution in [3.05, 3.63) is 24.3 Å². The second-order valence-electron chi connectivity index (χ2n) is 4.08.